The summed E-state index contributed by atoms with van der Waals surface area (Å²) in [5, 5.41) is 12.0. The number of nitrogen functional groups attached to an aromatic ring is 1. The number of halogens is 1. The van der Waals surface area contributed by atoms with E-state index in [2.05, 4.69) is 15.3 Å². The molecule has 116 valence electrons. The quantitative estimate of drug-likeness (QED) is 0.776. The van der Waals surface area contributed by atoms with Gasteiger partial charge in [0.2, 0.25) is 0 Å². The summed E-state index contributed by atoms with van der Waals surface area (Å²) in [5.74, 6) is 0.233. The van der Waals surface area contributed by atoms with E-state index in [1.807, 2.05) is 24.6 Å². The van der Waals surface area contributed by atoms with Crippen molar-refractivity contribution in [2.24, 2.45) is 7.05 Å². The molecule has 6 nitrogen and oxygen atoms in total. The van der Waals surface area contributed by atoms with Gasteiger partial charge in [-0.05, 0) is 24.1 Å². The van der Waals surface area contributed by atoms with Crippen LogP contribution in [0.25, 0.3) is 11.0 Å². The first-order valence-electron chi connectivity index (χ1n) is 7.10. The van der Waals surface area contributed by atoms with E-state index < -0.39 is 5.82 Å². The number of imidazole rings is 1. The summed E-state index contributed by atoms with van der Waals surface area (Å²) in [6.07, 6.45) is 2.31. The molecule has 0 amide bonds. The Morgan fingerprint density at radius 1 is 1.39 bits per heavy atom. The molecule has 0 bridgehead atoms. The number of anilines is 3. The molecule has 0 fully saturated rings. The van der Waals surface area contributed by atoms with Crippen molar-refractivity contribution < 1.29 is 4.39 Å². The molecule has 3 N–H and O–H groups in total. The van der Waals surface area contributed by atoms with E-state index >= 15 is 0 Å². The molecule has 0 spiro atoms. The maximum Gasteiger partial charge on any atom is 0.154 e. The van der Waals surface area contributed by atoms with Gasteiger partial charge in [0.05, 0.1) is 17.4 Å². The molecular formula is C16H15FN6. The number of benzene rings is 1. The Bertz CT molecular complexity index is 938. The lowest BCUT2D eigenvalue weighted by atomic mass is 10.1. The molecular weight excluding hydrogens is 295 g/mol. The molecule has 0 saturated carbocycles. The molecule has 0 radical (unpaired) electrons. The molecule has 3 rings (SSSR count). The molecule has 2 heterocycles. The monoisotopic (exact) mass is 310 g/mol. The third-order valence-electron chi connectivity index (χ3n) is 3.70. The van der Waals surface area contributed by atoms with Gasteiger partial charge in [0.25, 0.3) is 0 Å². The number of hydrogen-bond acceptors (Lipinski definition) is 5. The summed E-state index contributed by atoms with van der Waals surface area (Å²) >= 11 is 0. The summed E-state index contributed by atoms with van der Waals surface area (Å²) < 4.78 is 15.7. The Labute approximate surface area is 132 Å². The van der Waals surface area contributed by atoms with E-state index in [0.29, 0.717) is 29.3 Å². The van der Waals surface area contributed by atoms with Crippen LogP contribution in [-0.4, -0.2) is 14.5 Å². The van der Waals surface area contributed by atoms with Gasteiger partial charge < -0.3 is 15.6 Å². The van der Waals surface area contributed by atoms with Crippen molar-refractivity contribution in [2.45, 2.75) is 13.3 Å². The van der Waals surface area contributed by atoms with Crippen LogP contribution >= 0.6 is 0 Å². The molecule has 0 saturated heterocycles. The highest BCUT2D eigenvalue weighted by Crippen LogP contribution is 2.27. The lowest BCUT2D eigenvalue weighted by Gasteiger charge is -2.12. The van der Waals surface area contributed by atoms with Gasteiger partial charge in [0, 0.05) is 18.8 Å². The number of nitrogens with zero attached hydrogens (tertiary/aromatic N) is 4. The van der Waals surface area contributed by atoms with Crippen LogP contribution in [0.3, 0.4) is 0 Å². The second-order valence-corrected chi connectivity index (χ2v) is 5.20. The van der Waals surface area contributed by atoms with Gasteiger partial charge in [-0.2, -0.15) is 5.26 Å². The topological polar surface area (TPSA) is 92.5 Å². The maximum absolute atomic E-state index is 13.9. The van der Waals surface area contributed by atoms with E-state index in [1.54, 1.807) is 18.5 Å². The number of fused-ring (bicyclic) bond motifs is 1. The number of aromatic nitrogens is 3. The van der Waals surface area contributed by atoms with Crippen molar-refractivity contribution in [3.05, 3.63) is 41.5 Å². The SMILES string of the molecule is CCc1cc(C#N)c(F)cc1Nc1cc2c(ncn2C)c(N)n1. The lowest BCUT2D eigenvalue weighted by Crippen LogP contribution is -2.02. The second kappa shape index (κ2) is 5.57. The Balaban J connectivity index is 2.07. The van der Waals surface area contributed by atoms with E-state index in [9.17, 15) is 4.39 Å². The highest BCUT2D eigenvalue weighted by atomic mass is 19.1. The molecule has 0 unspecified atom stereocenters. The van der Waals surface area contributed by atoms with Crippen LogP contribution < -0.4 is 11.1 Å². The van der Waals surface area contributed by atoms with Gasteiger partial charge in [-0.15, -0.1) is 0 Å². The van der Waals surface area contributed by atoms with E-state index in [0.717, 1.165) is 11.1 Å². The minimum absolute atomic E-state index is 0.0296. The molecule has 23 heavy (non-hydrogen) atoms. The standard InChI is InChI=1S/C16H15FN6/c1-3-9-4-10(7-18)11(17)5-12(9)21-14-6-13-15(16(19)22-14)20-8-23(13)2/h4-6,8H,3H2,1-2H3,(H3,19,21,22). The minimum Gasteiger partial charge on any atom is -0.382 e. The van der Waals surface area contributed by atoms with Gasteiger partial charge in [-0.25, -0.2) is 14.4 Å². The number of nitrogens with one attached hydrogen (secondary N) is 1. The van der Waals surface area contributed by atoms with Crippen LogP contribution in [0.15, 0.2) is 24.5 Å². The first-order chi connectivity index (χ1) is 11.0. The zero-order valence-electron chi connectivity index (χ0n) is 12.8. The second-order valence-electron chi connectivity index (χ2n) is 5.20. The van der Waals surface area contributed by atoms with Gasteiger partial charge in [-0.3, -0.25) is 0 Å². The summed E-state index contributed by atoms with van der Waals surface area (Å²) in [4.78, 5) is 8.45. The predicted molar refractivity (Wildman–Crippen MR) is 86.7 cm³/mol. The maximum atomic E-state index is 13.9. The van der Waals surface area contributed by atoms with Crippen LogP contribution in [0.4, 0.5) is 21.7 Å². The lowest BCUT2D eigenvalue weighted by molar-refractivity contribution is 0.624. The first-order valence-corrected chi connectivity index (χ1v) is 7.10. The Hall–Kier alpha value is -3.14. The fourth-order valence-corrected chi connectivity index (χ4v) is 2.47. The average Bonchev–Trinajstić information content (AvgIpc) is 2.90. The summed E-state index contributed by atoms with van der Waals surface area (Å²) in [6.45, 7) is 1.94. The first kappa shape index (κ1) is 14.8. The van der Waals surface area contributed by atoms with Crippen LogP contribution in [0.2, 0.25) is 0 Å². The molecule has 2 aromatic heterocycles. The van der Waals surface area contributed by atoms with Gasteiger partial charge in [-0.1, -0.05) is 6.92 Å². The third-order valence-corrected chi connectivity index (χ3v) is 3.70. The van der Waals surface area contributed by atoms with E-state index in [-0.39, 0.29) is 5.56 Å². The Kier molecular flexibility index (Phi) is 3.58. The zero-order chi connectivity index (χ0) is 16.6. The predicted octanol–water partition coefficient (Wildman–Crippen LogP) is 2.87. The van der Waals surface area contributed by atoms with Crippen molar-refractivity contribution in [1.82, 2.24) is 14.5 Å². The molecule has 3 aromatic rings. The molecule has 0 aliphatic rings. The molecule has 7 heteroatoms. The fraction of sp³-hybridized carbons (Fsp3) is 0.188. The third kappa shape index (κ3) is 2.55. The number of nitriles is 1. The van der Waals surface area contributed by atoms with Crippen LogP contribution in [-0.2, 0) is 13.5 Å². The Morgan fingerprint density at radius 3 is 2.87 bits per heavy atom. The number of nitrogens with two attached hydrogens (primary N) is 1. The number of rotatable bonds is 3. The van der Waals surface area contributed by atoms with Gasteiger partial charge in [0.1, 0.15) is 23.2 Å². The summed E-state index contributed by atoms with van der Waals surface area (Å²) in [5.41, 5.74) is 8.80. The van der Waals surface area contributed by atoms with Gasteiger partial charge >= 0.3 is 0 Å². The highest BCUT2D eigenvalue weighted by molar-refractivity contribution is 5.88. The molecule has 0 aliphatic carbocycles. The summed E-state index contributed by atoms with van der Waals surface area (Å²) in [6, 6.07) is 6.50. The van der Waals surface area contributed by atoms with Crippen molar-refractivity contribution in [3.63, 3.8) is 0 Å². The molecule has 0 aliphatic heterocycles. The normalized spacial score (nSPS) is 10.7. The largest absolute Gasteiger partial charge is 0.382 e. The molecule has 1 aromatic carbocycles. The van der Waals surface area contributed by atoms with Crippen molar-refractivity contribution >= 4 is 28.4 Å². The van der Waals surface area contributed by atoms with Crippen molar-refractivity contribution in [1.29, 1.82) is 5.26 Å². The Morgan fingerprint density at radius 2 is 2.17 bits per heavy atom. The number of hydrogen-bond donors (Lipinski definition) is 2. The highest BCUT2D eigenvalue weighted by Gasteiger charge is 2.12. The van der Waals surface area contributed by atoms with E-state index in [4.69, 9.17) is 11.0 Å². The molecule has 0 atom stereocenters. The van der Waals surface area contributed by atoms with Crippen molar-refractivity contribution in [2.75, 3.05) is 11.1 Å². The number of aryl methyl sites for hydroxylation is 2. The van der Waals surface area contributed by atoms with Crippen molar-refractivity contribution in [3.8, 4) is 6.07 Å². The van der Waals surface area contributed by atoms with Crippen LogP contribution in [0.1, 0.15) is 18.1 Å². The van der Waals surface area contributed by atoms with Crippen LogP contribution in [0, 0.1) is 17.1 Å². The van der Waals surface area contributed by atoms with E-state index in [1.165, 1.54) is 6.07 Å². The summed E-state index contributed by atoms with van der Waals surface area (Å²) in [7, 11) is 1.86. The smallest absolute Gasteiger partial charge is 0.154 e. The zero-order valence-corrected chi connectivity index (χ0v) is 12.8. The van der Waals surface area contributed by atoms with Gasteiger partial charge in [0.15, 0.2) is 5.82 Å². The minimum atomic E-state index is -0.568. The fourth-order valence-electron chi connectivity index (χ4n) is 2.47. The average molecular weight is 310 g/mol. The van der Waals surface area contributed by atoms with Crippen LogP contribution in [0.5, 0.6) is 0 Å². The number of pyridine rings is 1.